The Balaban J connectivity index is 2.80. The van der Waals surface area contributed by atoms with E-state index >= 15 is 0 Å². The molecule has 0 saturated heterocycles. The molecule has 0 aromatic heterocycles. The summed E-state index contributed by atoms with van der Waals surface area (Å²) >= 11 is 0. The molecule has 112 valence electrons. The summed E-state index contributed by atoms with van der Waals surface area (Å²) in [5.41, 5.74) is 0.932. The molecule has 0 heterocycles. The first-order valence-electron chi connectivity index (χ1n) is 6.50. The third-order valence-electron chi connectivity index (χ3n) is 2.77. The van der Waals surface area contributed by atoms with E-state index in [4.69, 9.17) is 4.18 Å². The van der Waals surface area contributed by atoms with Gasteiger partial charge in [0.15, 0.2) is 0 Å². The molecule has 6 heteroatoms. The topological polar surface area (TPSA) is 63.7 Å². The van der Waals surface area contributed by atoms with Crippen LogP contribution >= 0.6 is 0 Å². The van der Waals surface area contributed by atoms with Crippen molar-refractivity contribution in [3.05, 3.63) is 29.8 Å². The highest BCUT2D eigenvalue weighted by atomic mass is 32.2. The number of hydrogen-bond donors (Lipinski definition) is 0. The first-order valence-corrected chi connectivity index (χ1v) is 8.32. The molecule has 1 rings (SSSR count). The highest BCUT2D eigenvalue weighted by Gasteiger charge is 2.15. The van der Waals surface area contributed by atoms with Crippen LogP contribution in [0, 0.1) is 0 Å². The van der Waals surface area contributed by atoms with Crippen molar-refractivity contribution in [1.82, 2.24) is 4.90 Å². The molecule has 1 amide bonds. The molecule has 0 aliphatic rings. The zero-order valence-electron chi connectivity index (χ0n) is 12.3. The van der Waals surface area contributed by atoms with Gasteiger partial charge in [0, 0.05) is 19.0 Å². The van der Waals surface area contributed by atoms with Gasteiger partial charge in [-0.1, -0.05) is 19.1 Å². The van der Waals surface area contributed by atoms with Crippen molar-refractivity contribution in [2.24, 2.45) is 0 Å². The summed E-state index contributed by atoms with van der Waals surface area (Å²) in [4.78, 5) is 13.6. The van der Waals surface area contributed by atoms with E-state index in [0.29, 0.717) is 13.0 Å². The van der Waals surface area contributed by atoms with E-state index in [9.17, 15) is 13.2 Å². The van der Waals surface area contributed by atoms with Gasteiger partial charge in [-0.15, -0.1) is 0 Å². The van der Waals surface area contributed by atoms with Crippen LogP contribution in [-0.2, 0) is 21.5 Å². The summed E-state index contributed by atoms with van der Waals surface area (Å²) < 4.78 is 26.8. The standard InChI is InChI=1S/C14H21NO4S/c1-5-14(16)15(11(2)3)10-12-6-8-13(9-7-12)19-20(4,17)18/h6-9,11H,5,10H2,1-4H3. The van der Waals surface area contributed by atoms with Gasteiger partial charge in [0.2, 0.25) is 5.91 Å². The predicted octanol–water partition coefficient (Wildman–Crippen LogP) is 2.17. The Hall–Kier alpha value is -1.56. The Kier molecular flexibility index (Phi) is 5.56. The highest BCUT2D eigenvalue weighted by molar-refractivity contribution is 7.86. The lowest BCUT2D eigenvalue weighted by atomic mass is 10.1. The van der Waals surface area contributed by atoms with Crippen molar-refractivity contribution < 1.29 is 17.4 Å². The van der Waals surface area contributed by atoms with E-state index in [0.717, 1.165) is 11.8 Å². The van der Waals surface area contributed by atoms with E-state index in [2.05, 4.69) is 0 Å². The fourth-order valence-corrected chi connectivity index (χ4v) is 2.24. The molecule has 0 unspecified atom stereocenters. The molecule has 0 spiro atoms. The summed E-state index contributed by atoms with van der Waals surface area (Å²) in [6.07, 6.45) is 1.47. The van der Waals surface area contributed by atoms with Gasteiger partial charge in [0.05, 0.1) is 6.26 Å². The van der Waals surface area contributed by atoms with Gasteiger partial charge >= 0.3 is 10.1 Å². The van der Waals surface area contributed by atoms with Gasteiger partial charge in [-0.05, 0) is 31.5 Å². The van der Waals surface area contributed by atoms with Crippen LogP contribution in [0.2, 0.25) is 0 Å². The molecule has 0 atom stereocenters. The SMILES string of the molecule is CCC(=O)N(Cc1ccc(OS(C)(=O)=O)cc1)C(C)C. The van der Waals surface area contributed by atoms with Crippen molar-refractivity contribution in [1.29, 1.82) is 0 Å². The minimum absolute atomic E-state index is 0.0939. The summed E-state index contributed by atoms with van der Waals surface area (Å²) in [7, 11) is -3.51. The first kappa shape index (κ1) is 16.5. The Morgan fingerprint density at radius 2 is 1.80 bits per heavy atom. The maximum Gasteiger partial charge on any atom is 0.306 e. The molecule has 0 N–H and O–H groups in total. The lowest BCUT2D eigenvalue weighted by molar-refractivity contribution is -0.133. The van der Waals surface area contributed by atoms with E-state index in [-0.39, 0.29) is 17.7 Å². The molecule has 20 heavy (non-hydrogen) atoms. The Bertz CT molecular complexity index is 549. The van der Waals surface area contributed by atoms with Gasteiger partial charge in [-0.25, -0.2) is 0 Å². The number of carbonyl (C=O) groups is 1. The molecule has 5 nitrogen and oxygen atoms in total. The lowest BCUT2D eigenvalue weighted by Gasteiger charge is -2.26. The number of amides is 1. The largest absolute Gasteiger partial charge is 0.383 e. The van der Waals surface area contributed by atoms with Crippen LogP contribution in [-0.4, -0.2) is 31.5 Å². The lowest BCUT2D eigenvalue weighted by Crippen LogP contribution is -2.35. The van der Waals surface area contributed by atoms with Gasteiger partial charge in [0.25, 0.3) is 0 Å². The minimum atomic E-state index is -3.51. The normalized spacial score (nSPS) is 11.4. The van der Waals surface area contributed by atoms with Crippen molar-refractivity contribution in [2.45, 2.75) is 39.8 Å². The van der Waals surface area contributed by atoms with E-state index in [1.165, 1.54) is 0 Å². The molecular formula is C14H21NO4S. The van der Waals surface area contributed by atoms with E-state index < -0.39 is 10.1 Å². The van der Waals surface area contributed by atoms with Crippen molar-refractivity contribution >= 4 is 16.0 Å². The van der Waals surface area contributed by atoms with Gasteiger partial charge in [-0.3, -0.25) is 4.79 Å². The summed E-state index contributed by atoms with van der Waals surface area (Å²) in [6.45, 7) is 6.27. The van der Waals surface area contributed by atoms with Crippen molar-refractivity contribution in [3.63, 3.8) is 0 Å². The third kappa shape index (κ3) is 5.21. The third-order valence-corrected chi connectivity index (χ3v) is 3.27. The monoisotopic (exact) mass is 299 g/mol. The molecule has 0 saturated carbocycles. The van der Waals surface area contributed by atoms with Crippen LogP contribution in [0.25, 0.3) is 0 Å². The Morgan fingerprint density at radius 1 is 1.25 bits per heavy atom. The second-order valence-corrected chi connectivity index (χ2v) is 6.48. The quantitative estimate of drug-likeness (QED) is 0.755. The number of benzene rings is 1. The van der Waals surface area contributed by atoms with Gasteiger partial charge in [-0.2, -0.15) is 8.42 Å². The maximum atomic E-state index is 11.8. The molecule has 0 aliphatic heterocycles. The zero-order chi connectivity index (χ0) is 15.3. The highest BCUT2D eigenvalue weighted by Crippen LogP contribution is 2.16. The molecule has 0 fully saturated rings. The first-order chi connectivity index (χ1) is 9.23. The van der Waals surface area contributed by atoms with Crippen molar-refractivity contribution in [2.75, 3.05) is 6.26 Å². The van der Waals surface area contributed by atoms with Crippen molar-refractivity contribution in [3.8, 4) is 5.75 Å². The summed E-state index contributed by atoms with van der Waals surface area (Å²) in [5, 5.41) is 0. The molecule has 1 aromatic carbocycles. The van der Waals surface area contributed by atoms with Crippen LogP contribution in [0.5, 0.6) is 5.75 Å². The molecular weight excluding hydrogens is 278 g/mol. The average Bonchev–Trinajstić information content (AvgIpc) is 2.34. The zero-order valence-corrected chi connectivity index (χ0v) is 13.1. The summed E-state index contributed by atoms with van der Waals surface area (Å²) in [6, 6.07) is 6.82. The number of nitrogens with zero attached hydrogens (tertiary/aromatic N) is 1. The van der Waals surface area contributed by atoms with Crippen LogP contribution < -0.4 is 4.18 Å². The van der Waals surface area contributed by atoms with Crippen LogP contribution in [0.15, 0.2) is 24.3 Å². The molecule has 0 aliphatic carbocycles. The fraction of sp³-hybridized carbons (Fsp3) is 0.500. The Labute approximate surface area is 120 Å². The average molecular weight is 299 g/mol. The molecule has 1 aromatic rings. The second kappa shape index (κ2) is 6.74. The minimum Gasteiger partial charge on any atom is -0.383 e. The van der Waals surface area contributed by atoms with Crippen LogP contribution in [0.4, 0.5) is 0 Å². The fourth-order valence-electron chi connectivity index (χ4n) is 1.78. The maximum absolute atomic E-state index is 11.8. The van der Waals surface area contributed by atoms with Crippen LogP contribution in [0.1, 0.15) is 32.8 Å². The predicted molar refractivity (Wildman–Crippen MR) is 77.9 cm³/mol. The number of carbonyl (C=O) groups excluding carboxylic acids is 1. The van der Waals surface area contributed by atoms with Gasteiger partial charge in [0.1, 0.15) is 5.75 Å². The molecule has 0 bridgehead atoms. The molecule has 0 radical (unpaired) electrons. The second-order valence-electron chi connectivity index (χ2n) is 4.90. The van der Waals surface area contributed by atoms with Crippen LogP contribution in [0.3, 0.4) is 0 Å². The van der Waals surface area contributed by atoms with Gasteiger partial charge < -0.3 is 9.08 Å². The smallest absolute Gasteiger partial charge is 0.306 e. The Morgan fingerprint density at radius 3 is 2.20 bits per heavy atom. The number of hydrogen-bond acceptors (Lipinski definition) is 4. The van der Waals surface area contributed by atoms with E-state index in [1.54, 1.807) is 29.2 Å². The van der Waals surface area contributed by atoms with E-state index in [1.807, 2.05) is 20.8 Å². The number of rotatable bonds is 6. The summed E-state index contributed by atoms with van der Waals surface area (Å²) in [5.74, 6) is 0.366.